The molecular weight excluding hydrogens is 188 g/mol. The van der Waals surface area contributed by atoms with Gasteiger partial charge < -0.3 is 9.64 Å². The summed E-state index contributed by atoms with van der Waals surface area (Å²) in [4.78, 5) is 1.77. The molecule has 0 radical (unpaired) electrons. The molecule has 2 rings (SSSR count). The molecule has 0 N–H and O–H groups in total. The standard InChI is InChI=1S/C12H14N2O/c1-10-7-12(8-14(10)9-13)15-11-5-3-2-4-6-11/h2-6,10,12H,7-8H2,1H3/t10-,12+/m1/s1. The maximum absolute atomic E-state index is 8.84. The van der Waals surface area contributed by atoms with Gasteiger partial charge in [-0.3, -0.25) is 0 Å². The predicted molar refractivity (Wildman–Crippen MR) is 57.3 cm³/mol. The summed E-state index contributed by atoms with van der Waals surface area (Å²) in [5.41, 5.74) is 0. The molecule has 0 spiro atoms. The number of hydrogen-bond acceptors (Lipinski definition) is 3. The monoisotopic (exact) mass is 202 g/mol. The number of ether oxygens (including phenoxy) is 1. The van der Waals surface area contributed by atoms with Gasteiger partial charge in [0.25, 0.3) is 0 Å². The van der Waals surface area contributed by atoms with Gasteiger partial charge in [-0.25, -0.2) is 0 Å². The fourth-order valence-corrected chi connectivity index (χ4v) is 1.90. The van der Waals surface area contributed by atoms with Crippen LogP contribution in [0.15, 0.2) is 30.3 Å². The van der Waals surface area contributed by atoms with E-state index in [-0.39, 0.29) is 6.10 Å². The molecule has 1 heterocycles. The van der Waals surface area contributed by atoms with Crippen LogP contribution in [0.3, 0.4) is 0 Å². The van der Waals surface area contributed by atoms with Crippen LogP contribution in [0.2, 0.25) is 0 Å². The molecule has 0 unspecified atom stereocenters. The number of benzene rings is 1. The topological polar surface area (TPSA) is 36.3 Å². The van der Waals surface area contributed by atoms with Gasteiger partial charge in [-0.05, 0) is 19.1 Å². The van der Waals surface area contributed by atoms with Crippen molar-refractivity contribution in [1.29, 1.82) is 5.26 Å². The van der Waals surface area contributed by atoms with Crippen LogP contribution < -0.4 is 4.74 Å². The Balaban J connectivity index is 1.96. The Morgan fingerprint density at radius 2 is 2.13 bits per heavy atom. The zero-order chi connectivity index (χ0) is 10.7. The van der Waals surface area contributed by atoms with E-state index in [1.807, 2.05) is 30.3 Å². The summed E-state index contributed by atoms with van der Waals surface area (Å²) in [5.74, 6) is 0.884. The summed E-state index contributed by atoms with van der Waals surface area (Å²) in [6.07, 6.45) is 3.24. The summed E-state index contributed by atoms with van der Waals surface area (Å²) in [7, 11) is 0. The molecule has 0 saturated carbocycles. The smallest absolute Gasteiger partial charge is 0.179 e. The molecule has 2 atom stereocenters. The van der Waals surface area contributed by atoms with Crippen molar-refractivity contribution in [3.05, 3.63) is 30.3 Å². The molecule has 78 valence electrons. The van der Waals surface area contributed by atoms with Crippen molar-refractivity contribution < 1.29 is 4.74 Å². The normalized spacial score (nSPS) is 24.9. The van der Waals surface area contributed by atoms with Crippen molar-refractivity contribution in [2.45, 2.75) is 25.5 Å². The fraction of sp³-hybridized carbons (Fsp3) is 0.417. The molecule has 1 saturated heterocycles. The summed E-state index contributed by atoms with van der Waals surface area (Å²) in [5, 5.41) is 8.84. The number of nitriles is 1. The van der Waals surface area contributed by atoms with Crippen LogP contribution in [-0.4, -0.2) is 23.6 Å². The van der Waals surface area contributed by atoms with E-state index in [2.05, 4.69) is 13.1 Å². The van der Waals surface area contributed by atoms with Crippen molar-refractivity contribution >= 4 is 0 Å². The minimum atomic E-state index is 0.141. The third kappa shape index (κ3) is 2.21. The molecule has 0 aromatic heterocycles. The van der Waals surface area contributed by atoms with Gasteiger partial charge in [-0.2, -0.15) is 5.26 Å². The Bertz CT molecular complexity index is 358. The van der Waals surface area contributed by atoms with E-state index in [9.17, 15) is 0 Å². The highest BCUT2D eigenvalue weighted by Gasteiger charge is 2.29. The van der Waals surface area contributed by atoms with E-state index < -0.39 is 0 Å². The van der Waals surface area contributed by atoms with Crippen LogP contribution in [0.1, 0.15) is 13.3 Å². The minimum Gasteiger partial charge on any atom is -0.488 e. The number of nitrogens with zero attached hydrogens (tertiary/aromatic N) is 2. The first kappa shape index (κ1) is 9.85. The highest BCUT2D eigenvalue weighted by molar-refractivity contribution is 5.21. The van der Waals surface area contributed by atoms with E-state index in [1.54, 1.807) is 4.90 Å². The second-order valence-corrected chi connectivity index (χ2v) is 3.89. The molecule has 1 fully saturated rings. The lowest BCUT2D eigenvalue weighted by Gasteiger charge is -2.12. The van der Waals surface area contributed by atoms with Gasteiger partial charge in [0, 0.05) is 12.5 Å². The lowest BCUT2D eigenvalue weighted by molar-refractivity contribution is 0.213. The number of likely N-dealkylation sites (tertiary alicyclic amines) is 1. The number of para-hydroxylation sites is 1. The van der Waals surface area contributed by atoms with Gasteiger partial charge in [-0.15, -0.1) is 0 Å². The SMILES string of the molecule is C[C@@H]1C[C@H](Oc2ccccc2)CN1C#N. The lowest BCUT2D eigenvalue weighted by atomic mass is 10.2. The predicted octanol–water partition coefficient (Wildman–Crippen LogP) is 2.01. The molecule has 1 aliphatic heterocycles. The van der Waals surface area contributed by atoms with E-state index in [0.29, 0.717) is 12.6 Å². The zero-order valence-electron chi connectivity index (χ0n) is 8.76. The van der Waals surface area contributed by atoms with E-state index in [0.717, 1.165) is 12.2 Å². The van der Waals surface area contributed by atoms with Crippen LogP contribution in [0.5, 0.6) is 5.75 Å². The molecule has 15 heavy (non-hydrogen) atoms. The van der Waals surface area contributed by atoms with Gasteiger partial charge in [0.1, 0.15) is 11.9 Å². The van der Waals surface area contributed by atoms with Crippen LogP contribution in [-0.2, 0) is 0 Å². The molecule has 3 heteroatoms. The second-order valence-electron chi connectivity index (χ2n) is 3.89. The van der Waals surface area contributed by atoms with Crippen LogP contribution in [0.25, 0.3) is 0 Å². The molecule has 3 nitrogen and oxygen atoms in total. The van der Waals surface area contributed by atoms with Crippen LogP contribution >= 0.6 is 0 Å². The van der Waals surface area contributed by atoms with Crippen molar-refractivity contribution in [1.82, 2.24) is 4.90 Å². The Hall–Kier alpha value is -1.69. The maximum Gasteiger partial charge on any atom is 0.179 e. The molecule has 0 aliphatic carbocycles. The Labute approximate surface area is 89.9 Å². The molecule has 0 amide bonds. The van der Waals surface area contributed by atoms with Crippen molar-refractivity contribution in [2.75, 3.05) is 6.54 Å². The quantitative estimate of drug-likeness (QED) is 0.688. The summed E-state index contributed by atoms with van der Waals surface area (Å²) in [6.45, 7) is 2.75. The molecule has 1 aliphatic rings. The van der Waals surface area contributed by atoms with Crippen LogP contribution in [0.4, 0.5) is 0 Å². The third-order valence-electron chi connectivity index (χ3n) is 2.71. The Kier molecular flexibility index (Phi) is 2.77. The number of rotatable bonds is 2. The van der Waals surface area contributed by atoms with Crippen molar-refractivity contribution in [3.8, 4) is 11.9 Å². The van der Waals surface area contributed by atoms with E-state index in [1.165, 1.54) is 0 Å². The first-order chi connectivity index (χ1) is 7.29. The maximum atomic E-state index is 8.84. The Morgan fingerprint density at radius 3 is 2.73 bits per heavy atom. The second kappa shape index (κ2) is 4.22. The van der Waals surface area contributed by atoms with Gasteiger partial charge in [-0.1, -0.05) is 18.2 Å². The lowest BCUT2D eigenvalue weighted by Crippen LogP contribution is -2.23. The average Bonchev–Trinajstić information content (AvgIpc) is 2.60. The van der Waals surface area contributed by atoms with Gasteiger partial charge in [0.2, 0.25) is 0 Å². The summed E-state index contributed by atoms with van der Waals surface area (Å²) < 4.78 is 5.78. The number of hydrogen-bond donors (Lipinski definition) is 0. The first-order valence-corrected chi connectivity index (χ1v) is 5.17. The Morgan fingerprint density at radius 1 is 1.40 bits per heavy atom. The molecule has 0 bridgehead atoms. The zero-order valence-corrected chi connectivity index (χ0v) is 8.76. The summed E-state index contributed by atoms with van der Waals surface area (Å²) in [6, 6.07) is 10.1. The average molecular weight is 202 g/mol. The highest BCUT2D eigenvalue weighted by atomic mass is 16.5. The minimum absolute atomic E-state index is 0.141. The highest BCUT2D eigenvalue weighted by Crippen LogP contribution is 2.21. The summed E-state index contributed by atoms with van der Waals surface area (Å²) >= 11 is 0. The first-order valence-electron chi connectivity index (χ1n) is 5.17. The van der Waals surface area contributed by atoms with Gasteiger partial charge >= 0.3 is 0 Å². The van der Waals surface area contributed by atoms with E-state index >= 15 is 0 Å². The fourth-order valence-electron chi connectivity index (χ4n) is 1.90. The largest absolute Gasteiger partial charge is 0.488 e. The van der Waals surface area contributed by atoms with Crippen LogP contribution in [0, 0.1) is 11.5 Å². The van der Waals surface area contributed by atoms with Gasteiger partial charge in [0.05, 0.1) is 6.54 Å². The molecule has 1 aromatic rings. The molecule has 1 aromatic carbocycles. The molecular formula is C12H14N2O. The van der Waals surface area contributed by atoms with Crippen molar-refractivity contribution in [3.63, 3.8) is 0 Å². The third-order valence-corrected chi connectivity index (χ3v) is 2.71. The van der Waals surface area contributed by atoms with Gasteiger partial charge in [0.15, 0.2) is 6.19 Å². The van der Waals surface area contributed by atoms with E-state index in [4.69, 9.17) is 10.00 Å². The van der Waals surface area contributed by atoms with Crippen molar-refractivity contribution in [2.24, 2.45) is 0 Å².